The lowest BCUT2D eigenvalue weighted by Crippen LogP contribution is -2.22. The first-order chi connectivity index (χ1) is 7.58. The van der Waals surface area contributed by atoms with Gasteiger partial charge < -0.3 is 9.64 Å². The smallest absolute Gasteiger partial charge is 0.257 e. The van der Waals surface area contributed by atoms with Gasteiger partial charge in [-0.05, 0) is 31.0 Å². The Morgan fingerprint density at radius 2 is 2.12 bits per heavy atom. The average molecular weight is 284 g/mol. The molecule has 0 heterocycles. The molecule has 1 aromatic rings. The molecular weight excluding hydrogens is 270 g/mol. The van der Waals surface area contributed by atoms with E-state index in [1.54, 1.807) is 25.1 Å². The number of ether oxygens (including phenoxy) is 1. The fourth-order valence-corrected chi connectivity index (χ4v) is 1.72. The van der Waals surface area contributed by atoms with Gasteiger partial charge in [-0.15, -0.1) is 0 Å². The van der Waals surface area contributed by atoms with Crippen molar-refractivity contribution in [2.24, 2.45) is 0 Å². The lowest BCUT2D eigenvalue weighted by Gasteiger charge is -2.14. The van der Waals surface area contributed by atoms with Crippen LogP contribution >= 0.6 is 15.9 Å². The number of nitrogens with zero attached hydrogens (tertiary/aromatic N) is 1. The molecule has 4 heteroatoms. The third kappa shape index (κ3) is 2.55. The minimum absolute atomic E-state index is 0.0249. The van der Waals surface area contributed by atoms with Crippen LogP contribution < -0.4 is 4.74 Å². The minimum Gasteiger partial charge on any atom is -0.490 e. The van der Waals surface area contributed by atoms with Crippen molar-refractivity contribution in [1.82, 2.24) is 4.90 Å². The summed E-state index contributed by atoms with van der Waals surface area (Å²) in [5.41, 5.74) is 0.625. The van der Waals surface area contributed by atoms with Crippen molar-refractivity contribution in [2.75, 3.05) is 14.1 Å². The second-order valence-electron chi connectivity index (χ2n) is 4.16. The molecule has 0 radical (unpaired) electrons. The van der Waals surface area contributed by atoms with Crippen molar-refractivity contribution in [3.63, 3.8) is 0 Å². The average Bonchev–Trinajstić information content (AvgIpc) is 3.01. The van der Waals surface area contributed by atoms with Crippen LogP contribution in [0.25, 0.3) is 0 Å². The first kappa shape index (κ1) is 11.5. The molecule has 1 fully saturated rings. The minimum atomic E-state index is -0.0249. The molecule has 3 nitrogen and oxygen atoms in total. The Balaban J connectivity index is 2.30. The maximum absolute atomic E-state index is 11.9. The zero-order valence-corrected chi connectivity index (χ0v) is 11.0. The van der Waals surface area contributed by atoms with Crippen LogP contribution in [-0.2, 0) is 0 Å². The van der Waals surface area contributed by atoms with E-state index in [-0.39, 0.29) is 5.91 Å². The summed E-state index contributed by atoms with van der Waals surface area (Å²) in [6.45, 7) is 0. The molecule has 0 atom stereocenters. The third-order valence-corrected chi connectivity index (χ3v) is 2.89. The SMILES string of the molecule is CN(C)C(=O)c1ccc(Br)cc1OC1CC1. The Kier molecular flexibility index (Phi) is 3.19. The van der Waals surface area contributed by atoms with E-state index in [1.165, 1.54) is 0 Å². The molecule has 1 aliphatic rings. The van der Waals surface area contributed by atoms with E-state index in [0.717, 1.165) is 17.3 Å². The summed E-state index contributed by atoms with van der Waals surface area (Å²) in [7, 11) is 3.48. The molecule has 86 valence electrons. The quantitative estimate of drug-likeness (QED) is 0.854. The fraction of sp³-hybridized carbons (Fsp3) is 0.417. The van der Waals surface area contributed by atoms with Gasteiger partial charge in [0.15, 0.2) is 0 Å². The number of benzene rings is 1. The maximum Gasteiger partial charge on any atom is 0.257 e. The van der Waals surface area contributed by atoms with Crippen LogP contribution in [-0.4, -0.2) is 31.0 Å². The van der Waals surface area contributed by atoms with E-state index in [2.05, 4.69) is 15.9 Å². The van der Waals surface area contributed by atoms with Crippen LogP contribution in [0.1, 0.15) is 23.2 Å². The number of carbonyl (C=O) groups is 1. The van der Waals surface area contributed by atoms with Crippen LogP contribution in [0, 0.1) is 0 Å². The Hall–Kier alpha value is -1.03. The predicted octanol–water partition coefficient (Wildman–Crippen LogP) is 2.69. The van der Waals surface area contributed by atoms with Crippen molar-refractivity contribution in [3.8, 4) is 5.75 Å². The Morgan fingerprint density at radius 1 is 1.44 bits per heavy atom. The van der Waals surface area contributed by atoms with E-state index >= 15 is 0 Å². The van der Waals surface area contributed by atoms with Crippen molar-refractivity contribution >= 4 is 21.8 Å². The van der Waals surface area contributed by atoms with Crippen molar-refractivity contribution in [1.29, 1.82) is 0 Å². The molecule has 1 aliphatic carbocycles. The summed E-state index contributed by atoms with van der Waals surface area (Å²) in [4.78, 5) is 13.5. The molecule has 0 N–H and O–H groups in total. The molecule has 0 aliphatic heterocycles. The summed E-state index contributed by atoms with van der Waals surface area (Å²) in [6.07, 6.45) is 2.47. The third-order valence-electron chi connectivity index (χ3n) is 2.40. The molecule has 1 aromatic carbocycles. The second kappa shape index (κ2) is 4.45. The molecule has 1 amide bonds. The first-order valence-corrected chi connectivity index (χ1v) is 6.05. The van der Waals surface area contributed by atoms with Crippen LogP contribution in [0.5, 0.6) is 5.75 Å². The Labute approximate surface area is 104 Å². The molecule has 0 spiro atoms. The number of rotatable bonds is 3. The van der Waals surface area contributed by atoms with Crippen molar-refractivity contribution < 1.29 is 9.53 Å². The standard InChI is InChI=1S/C12H14BrNO2/c1-14(2)12(15)10-6-3-8(13)7-11(10)16-9-4-5-9/h3,6-7,9H,4-5H2,1-2H3. The molecule has 0 unspecified atom stereocenters. The molecular formula is C12H14BrNO2. The number of hydrogen-bond donors (Lipinski definition) is 0. The van der Waals surface area contributed by atoms with Gasteiger partial charge in [0.1, 0.15) is 5.75 Å². The summed E-state index contributed by atoms with van der Waals surface area (Å²) < 4.78 is 6.66. The monoisotopic (exact) mass is 283 g/mol. The normalized spacial score (nSPS) is 14.7. The van der Waals surface area contributed by atoms with Crippen molar-refractivity contribution in [3.05, 3.63) is 28.2 Å². The highest BCUT2D eigenvalue weighted by atomic mass is 79.9. The number of amides is 1. The predicted molar refractivity (Wildman–Crippen MR) is 65.8 cm³/mol. The van der Waals surface area contributed by atoms with E-state index < -0.39 is 0 Å². The zero-order chi connectivity index (χ0) is 11.7. The summed E-state index contributed by atoms with van der Waals surface area (Å²) >= 11 is 3.39. The summed E-state index contributed by atoms with van der Waals surface area (Å²) in [5, 5.41) is 0. The first-order valence-electron chi connectivity index (χ1n) is 5.26. The van der Waals surface area contributed by atoms with E-state index in [0.29, 0.717) is 17.4 Å². The van der Waals surface area contributed by atoms with E-state index in [1.807, 2.05) is 12.1 Å². The van der Waals surface area contributed by atoms with Crippen LogP contribution in [0.2, 0.25) is 0 Å². The highest BCUT2D eigenvalue weighted by Crippen LogP contribution is 2.31. The Bertz CT molecular complexity index is 413. The van der Waals surface area contributed by atoms with Gasteiger partial charge in [0.25, 0.3) is 5.91 Å². The lowest BCUT2D eigenvalue weighted by atomic mass is 10.2. The van der Waals surface area contributed by atoms with Crippen molar-refractivity contribution in [2.45, 2.75) is 18.9 Å². The van der Waals surface area contributed by atoms with E-state index in [4.69, 9.17) is 4.74 Å². The van der Waals surface area contributed by atoms with Gasteiger partial charge in [-0.3, -0.25) is 4.79 Å². The summed E-state index contributed by atoms with van der Waals surface area (Å²) in [5.74, 6) is 0.652. The molecule has 16 heavy (non-hydrogen) atoms. The van der Waals surface area contributed by atoms with Gasteiger partial charge in [0, 0.05) is 18.6 Å². The largest absolute Gasteiger partial charge is 0.490 e. The topological polar surface area (TPSA) is 29.5 Å². The molecule has 2 rings (SSSR count). The van der Waals surface area contributed by atoms with Gasteiger partial charge in [-0.1, -0.05) is 15.9 Å². The molecule has 1 saturated carbocycles. The highest BCUT2D eigenvalue weighted by Gasteiger charge is 2.26. The highest BCUT2D eigenvalue weighted by molar-refractivity contribution is 9.10. The molecule has 0 saturated heterocycles. The van der Waals surface area contributed by atoms with Crippen LogP contribution in [0.4, 0.5) is 0 Å². The van der Waals surface area contributed by atoms with Gasteiger partial charge in [-0.25, -0.2) is 0 Å². The Morgan fingerprint density at radius 3 is 2.69 bits per heavy atom. The van der Waals surface area contributed by atoms with Crippen LogP contribution in [0.3, 0.4) is 0 Å². The number of carbonyl (C=O) groups excluding carboxylic acids is 1. The molecule has 0 aromatic heterocycles. The lowest BCUT2D eigenvalue weighted by molar-refractivity contribution is 0.0823. The van der Waals surface area contributed by atoms with Gasteiger partial charge >= 0.3 is 0 Å². The van der Waals surface area contributed by atoms with Gasteiger partial charge in [-0.2, -0.15) is 0 Å². The zero-order valence-electron chi connectivity index (χ0n) is 9.37. The van der Waals surface area contributed by atoms with Crippen LogP contribution in [0.15, 0.2) is 22.7 Å². The summed E-state index contributed by atoms with van der Waals surface area (Å²) in [6, 6.07) is 5.51. The fourth-order valence-electron chi connectivity index (χ4n) is 1.38. The van der Waals surface area contributed by atoms with E-state index in [9.17, 15) is 4.79 Å². The number of halogens is 1. The number of hydrogen-bond acceptors (Lipinski definition) is 2. The van der Waals surface area contributed by atoms with Gasteiger partial charge in [0.05, 0.1) is 11.7 Å². The van der Waals surface area contributed by atoms with Gasteiger partial charge in [0.2, 0.25) is 0 Å². The molecule has 0 bridgehead atoms. The maximum atomic E-state index is 11.9. The second-order valence-corrected chi connectivity index (χ2v) is 5.07.